The first-order valence-electron chi connectivity index (χ1n) is 3.81. The minimum absolute atomic E-state index is 0.813. The molecule has 1 aromatic carbocycles. The van der Waals surface area contributed by atoms with Crippen LogP contribution in [0.15, 0.2) is 5.11 Å². The summed E-state index contributed by atoms with van der Waals surface area (Å²) < 4.78 is 52.4. The van der Waals surface area contributed by atoms with Gasteiger partial charge in [-0.1, -0.05) is 5.11 Å². The number of nitrogens with one attached hydrogen (secondary N) is 1. The normalized spacial score (nSPS) is 9.71. The molecule has 0 fully saturated rings. The van der Waals surface area contributed by atoms with Gasteiger partial charge in [0.15, 0.2) is 23.3 Å². The quantitative estimate of drug-likeness (QED) is 0.160. The Hall–Kier alpha value is -2.32. The van der Waals surface area contributed by atoms with E-state index in [0.29, 0.717) is 0 Å². The minimum Gasteiger partial charge on any atom is -0.288 e. The van der Waals surface area contributed by atoms with E-state index in [1.54, 1.807) is 0 Å². The molecule has 0 aliphatic carbocycles. The monoisotopic (exact) mass is 250 g/mol. The molecule has 0 saturated heterocycles. The fraction of sp³-hybridized carbons (Fsp3) is 0. The third-order valence-electron chi connectivity index (χ3n) is 1.71. The summed E-state index contributed by atoms with van der Waals surface area (Å²) in [5.41, 5.74) is 5.54. The van der Waals surface area contributed by atoms with Crippen molar-refractivity contribution in [2.75, 3.05) is 0 Å². The van der Waals surface area contributed by atoms with E-state index in [0.717, 1.165) is 5.48 Å². The highest BCUT2D eigenvalue weighted by Gasteiger charge is 2.28. The molecule has 0 aromatic heterocycles. The number of halogens is 4. The van der Waals surface area contributed by atoms with Crippen molar-refractivity contribution < 1.29 is 27.6 Å². The molecule has 1 rings (SSSR count). The van der Waals surface area contributed by atoms with Crippen molar-refractivity contribution in [3.05, 3.63) is 39.3 Å². The van der Waals surface area contributed by atoms with Crippen LogP contribution < -0.4 is 5.48 Å². The lowest BCUT2D eigenvalue weighted by Crippen LogP contribution is -2.23. The predicted molar refractivity (Wildman–Crippen MR) is 44.3 cm³/mol. The average molecular weight is 250 g/mol. The number of hydrogen-bond donors (Lipinski definition) is 2. The average Bonchev–Trinajstić information content (AvgIpc) is 2.32. The third kappa shape index (κ3) is 1.98. The SMILES string of the molecule is [N-]=[N+]=Nc1c(F)c(F)c(C(=O)NO)c(F)c1F. The number of nitrogens with zero attached hydrogens (tertiary/aromatic N) is 3. The van der Waals surface area contributed by atoms with Crippen molar-refractivity contribution in [3.8, 4) is 0 Å². The zero-order chi connectivity index (χ0) is 13.2. The minimum atomic E-state index is -2.09. The van der Waals surface area contributed by atoms with Crippen LogP contribution in [0.4, 0.5) is 23.2 Å². The second-order valence-corrected chi connectivity index (χ2v) is 2.61. The Bertz CT molecular complexity index is 512. The Labute approximate surface area is 90.1 Å². The number of benzene rings is 1. The predicted octanol–water partition coefficient (Wildman–Crippen LogP) is 2.30. The Balaban J connectivity index is 3.69. The lowest BCUT2D eigenvalue weighted by molar-refractivity contribution is 0.0694. The topological polar surface area (TPSA) is 98.1 Å². The van der Waals surface area contributed by atoms with Gasteiger partial charge in [-0.25, -0.2) is 23.0 Å². The Morgan fingerprint density at radius 3 is 2.00 bits per heavy atom. The molecular formula is C7H2F4N4O2. The molecule has 1 amide bonds. The van der Waals surface area contributed by atoms with Crippen molar-refractivity contribution in [2.45, 2.75) is 0 Å². The molecule has 2 N–H and O–H groups in total. The van der Waals surface area contributed by atoms with Crippen LogP contribution in [0, 0.1) is 23.3 Å². The lowest BCUT2D eigenvalue weighted by atomic mass is 10.1. The van der Waals surface area contributed by atoms with Gasteiger partial charge in [0.05, 0.1) is 0 Å². The number of rotatable bonds is 2. The number of carbonyl (C=O) groups excluding carboxylic acids is 1. The van der Waals surface area contributed by atoms with E-state index in [1.807, 2.05) is 4.91 Å². The third-order valence-corrected chi connectivity index (χ3v) is 1.71. The maximum Gasteiger partial charge on any atom is 0.280 e. The molecule has 0 saturated carbocycles. The fourth-order valence-corrected chi connectivity index (χ4v) is 1.01. The summed E-state index contributed by atoms with van der Waals surface area (Å²) in [6.07, 6.45) is 0. The van der Waals surface area contributed by atoms with Gasteiger partial charge in [0.25, 0.3) is 5.91 Å². The highest BCUT2D eigenvalue weighted by molar-refractivity contribution is 5.94. The molecule has 0 atom stereocenters. The number of carbonyl (C=O) groups is 1. The summed E-state index contributed by atoms with van der Waals surface area (Å²) in [5.74, 6) is -10.0. The van der Waals surface area contributed by atoms with Gasteiger partial charge in [0, 0.05) is 4.91 Å². The van der Waals surface area contributed by atoms with Crippen LogP contribution in [0.3, 0.4) is 0 Å². The standard InChI is InChI=1S/C7H2F4N4O2/c8-2-1(7(16)14-17)3(9)5(11)6(4(2)10)13-15-12/h17H,(H,14,16). The number of hydroxylamine groups is 1. The van der Waals surface area contributed by atoms with Gasteiger partial charge in [-0.2, -0.15) is 0 Å². The van der Waals surface area contributed by atoms with E-state index in [2.05, 4.69) is 5.11 Å². The van der Waals surface area contributed by atoms with Crippen LogP contribution in [0.1, 0.15) is 10.4 Å². The van der Waals surface area contributed by atoms with E-state index in [-0.39, 0.29) is 0 Å². The Morgan fingerprint density at radius 2 is 1.65 bits per heavy atom. The van der Waals surface area contributed by atoms with Crippen LogP contribution in [-0.4, -0.2) is 11.1 Å². The summed E-state index contributed by atoms with van der Waals surface area (Å²) >= 11 is 0. The largest absolute Gasteiger partial charge is 0.288 e. The molecular weight excluding hydrogens is 248 g/mol. The van der Waals surface area contributed by atoms with Crippen LogP contribution in [0.25, 0.3) is 10.4 Å². The fourth-order valence-electron chi connectivity index (χ4n) is 1.01. The molecule has 10 heteroatoms. The van der Waals surface area contributed by atoms with E-state index >= 15 is 0 Å². The number of hydrogen-bond acceptors (Lipinski definition) is 3. The molecule has 0 heterocycles. The van der Waals surface area contributed by atoms with Crippen molar-refractivity contribution in [1.29, 1.82) is 0 Å². The van der Waals surface area contributed by atoms with E-state index in [4.69, 9.17) is 10.7 Å². The summed E-state index contributed by atoms with van der Waals surface area (Å²) in [5, 5.41) is 10.5. The van der Waals surface area contributed by atoms with Gasteiger partial charge >= 0.3 is 0 Å². The van der Waals surface area contributed by atoms with Crippen molar-refractivity contribution in [1.82, 2.24) is 5.48 Å². The van der Waals surface area contributed by atoms with Gasteiger partial charge in [-0.15, -0.1) is 0 Å². The lowest BCUT2D eigenvalue weighted by Gasteiger charge is -2.07. The second kappa shape index (κ2) is 4.68. The first-order valence-corrected chi connectivity index (χ1v) is 3.81. The second-order valence-electron chi connectivity index (χ2n) is 2.61. The first-order chi connectivity index (χ1) is 7.95. The maximum absolute atomic E-state index is 13.1. The maximum atomic E-state index is 13.1. The van der Waals surface area contributed by atoms with Crippen molar-refractivity contribution in [2.24, 2.45) is 5.11 Å². The molecule has 1 aromatic rings. The molecule has 0 spiro atoms. The molecule has 6 nitrogen and oxygen atoms in total. The highest BCUT2D eigenvalue weighted by atomic mass is 19.2. The van der Waals surface area contributed by atoms with Crippen LogP contribution in [-0.2, 0) is 0 Å². The van der Waals surface area contributed by atoms with Gasteiger partial charge in [-0.3, -0.25) is 10.0 Å². The van der Waals surface area contributed by atoms with Crippen LogP contribution in [0.2, 0.25) is 0 Å². The highest BCUT2D eigenvalue weighted by Crippen LogP contribution is 2.30. The molecule has 90 valence electrons. The summed E-state index contributed by atoms with van der Waals surface area (Å²) in [6.45, 7) is 0. The van der Waals surface area contributed by atoms with Crippen LogP contribution >= 0.6 is 0 Å². The molecule has 0 unspecified atom stereocenters. The summed E-state index contributed by atoms with van der Waals surface area (Å²) in [7, 11) is 0. The molecule has 0 aliphatic heterocycles. The van der Waals surface area contributed by atoms with Crippen molar-refractivity contribution in [3.63, 3.8) is 0 Å². The molecule has 0 radical (unpaired) electrons. The molecule has 0 aliphatic rings. The number of azide groups is 1. The zero-order valence-corrected chi connectivity index (χ0v) is 7.71. The number of amides is 1. The summed E-state index contributed by atoms with van der Waals surface area (Å²) in [4.78, 5) is 12.7. The van der Waals surface area contributed by atoms with Gasteiger partial charge < -0.3 is 0 Å². The van der Waals surface area contributed by atoms with Gasteiger partial charge in [0.1, 0.15) is 11.3 Å². The summed E-state index contributed by atoms with van der Waals surface area (Å²) in [6, 6.07) is 0. The smallest absolute Gasteiger partial charge is 0.280 e. The zero-order valence-electron chi connectivity index (χ0n) is 7.71. The van der Waals surface area contributed by atoms with Crippen molar-refractivity contribution >= 4 is 11.6 Å². The van der Waals surface area contributed by atoms with E-state index in [9.17, 15) is 22.4 Å². The molecule has 0 bridgehead atoms. The Kier molecular flexibility index (Phi) is 3.51. The molecule has 17 heavy (non-hydrogen) atoms. The van der Waals surface area contributed by atoms with Crippen LogP contribution in [0.5, 0.6) is 0 Å². The van der Waals surface area contributed by atoms with Gasteiger partial charge in [0.2, 0.25) is 0 Å². The first kappa shape index (κ1) is 12.7. The Morgan fingerprint density at radius 1 is 1.18 bits per heavy atom. The van der Waals surface area contributed by atoms with Gasteiger partial charge in [-0.05, 0) is 5.53 Å². The van der Waals surface area contributed by atoms with E-state index in [1.165, 1.54) is 0 Å². The van der Waals surface area contributed by atoms with E-state index < -0.39 is 40.4 Å².